The summed E-state index contributed by atoms with van der Waals surface area (Å²) in [6.07, 6.45) is 9.43. The average Bonchev–Trinajstić information content (AvgIpc) is 3.20. The Balaban J connectivity index is 1.60. The topological polar surface area (TPSA) is 90.4 Å². The van der Waals surface area contributed by atoms with Crippen LogP contribution < -0.4 is 0 Å². The van der Waals surface area contributed by atoms with Crippen molar-refractivity contribution in [3.8, 4) is 0 Å². The van der Waals surface area contributed by atoms with E-state index in [1.807, 2.05) is 73.4 Å². The van der Waals surface area contributed by atoms with Crippen LogP contribution in [0.15, 0.2) is 54.6 Å². The van der Waals surface area contributed by atoms with Crippen LogP contribution in [0.2, 0.25) is 0 Å². The van der Waals surface area contributed by atoms with E-state index in [0.29, 0.717) is 39.0 Å². The summed E-state index contributed by atoms with van der Waals surface area (Å²) in [6, 6.07) is 8.88. The summed E-state index contributed by atoms with van der Waals surface area (Å²) in [5.74, 6) is -2.03. The van der Waals surface area contributed by atoms with Gasteiger partial charge in [0.05, 0.1) is 17.4 Å². The van der Waals surface area contributed by atoms with Crippen LogP contribution in [0.5, 0.6) is 0 Å². The van der Waals surface area contributed by atoms with Crippen molar-refractivity contribution in [2.24, 2.45) is 11.8 Å². The summed E-state index contributed by atoms with van der Waals surface area (Å²) in [4.78, 5) is 47.6. The van der Waals surface area contributed by atoms with Gasteiger partial charge in [-0.3, -0.25) is 14.4 Å². The van der Waals surface area contributed by atoms with Crippen LogP contribution in [-0.4, -0.2) is 87.6 Å². The van der Waals surface area contributed by atoms with E-state index in [1.165, 1.54) is 0 Å². The quantitative estimate of drug-likeness (QED) is 0.545. The monoisotopic (exact) mass is 507 g/mol. The molecule has 198 valence electrons. The predicted molar refractivity (Wildman–Crippen MR) is 138 cm³/mol. The van der Waals surface area contributed by atoms with E-state index in [0.717, 1.165) is 12.0 Å². The third-order valence-electron chi connectivity index (χ3n) is 8.37. The number of likely N-dealkylation sites (tertiary alicyclic amines) is 1. The number of rotatable bonds is 8. The van der Waals surface area contributed by atoms with Crippen molar-refractivity contribution in [2.45, 2.75) is 56.9 Å². The lowest BCUT2D eigenvalue weighted by molar-refractivity contribution is -0.154. The third kappa shape index (κ3) is 4.01. The Labute approximate surface area is 218 Å². The molecule has 5 rings (SSSR count). The Morgan fingerprint density at radius 1 is 0.919 bits per heavy atom. The molecule has 8 heteroatoms. The molecule has 1 spiro atoms. The fourth-order valence-corrected chi connectivity index (χ4v) is 6.76. The van der Waals surface area contributed by atoms with E-state index in [-0.39, 0.29) is 30.9 Å². The summed E-state index contributed by atoms with van der Waals surface area (Å²) in [7, 11) is 0. The number of amides is 3. The Bertz CT molecular complexity index is 1100. The molecule has 0 aliphatic carbocycles. The molecule has 4 aliphatic heterocycles. The zero-order valence-electron chi connectivity index (χ0n) is 21.7. The number of aliphatic hydroxyl groups is 1. The number of hydrogen-bond acceptors (Lipinski definition) is 5. The second kappa shape index (κ2) is 10.1. The Morgan fingerprint density at radius 3 is 2.35 bits per heavy atom. The minimum atomic E-state index is -1.25. The number of ether oxygens (including phenoxy) is 1. The fourth-order valence-electron chi connectivity index (χ4n) is 6.76. The van der Waals surface area contributed by atoms with Crippen molar-refractivity contribution in [1.82, 2.24) is 14.7 Å². The highest BCUT2D eigenvalue weighted by molar-refractivity contribution is 6.00. The number of nitrogens with zero attached hydrogens (tertiary/aromatic N) is 3. The van der Waals surface area contributed by atoms with Crippen molar-refractivity contribution in [2.75, 3.05) is 32.8 Å². The maximum absolute atomic E-state index is 14.2. The van der Waals surface area contributed by atoms with Crippen LogP contribution in [0.3, 0.4) is 0 Å². The number of carbonyl (C=O) groups excluding carboxylic acids is 3. The molecule has 4 aliphatic rings. The van der Waals surface area contributed by atoms with E-state index in [1.54, 1.807) is 9.80 Å². The molecule has 2 fully saturated rings. The third-order valence-corrected chi connectivity index (χ3v) is 8.37. The molecule has 0 radical (unpaired) electrons. The van der Waals surface area contributed by atoms with Crippen LogP contribution in [-0.2, 0) is 25.7 Å². The lowest BCUT2D eigenvalue weighted by Crippen LogP contribution is -2.56. The van der Waals surface area contributed by atoms with Gasteiger partial charge in [-0.2, -0.15) is 0 Å². The van der Waals surface area contributed by atoms with E-state index >= 15 is 0 Å². The first-order chi connectivity index (χ1) is 17.9. The van der Waals surface area contributed by atoms with Gasteiger partial charge < -0.3 is 24.5 Å². The largest absolute Gasteiger partial charge is 0.396 e. The van der Waals surface area contributed by atoms with E-state index in [9.17, 15) is 19.5 Å². The van der Waals surface area contributed by atoms with Gasteiger partial charge in [-0.25, -0.2) is 0 Å². The van der Waals surface area contributed by atoms with Gasteiger partial charge in [0.25, 0.3) is 0 Å². The molecular weight excluding hydrogens is 470 g/mol. The summed E-state index contributed by atoms with van der Waals surface area (Å²) >= 11 is 0. The summed E-state index contributed by atoms with van der Waals surface area (Å²) in [5, 5.41) is 9.57. The fraction of sp³-hybridized carbons (Fsp3) is 0.552. The molecule has 1 N–H and O–H groups in total. The Kier molecular flexibility index (Phi) is 6.98. The molecule has 8 nitrogen and oxygen atoms in total. The molecule has 0 saturated carbocycles. The highest BCUT2D eigenvalue weighted by atomic mass is 16.5. The standard InChI is InChI=1S/C29H37N3O5/c1-3-15-30-16-8-13-28(4-2)22(25(30)34)23-26(35)32(18-10-19-33)24-27(36)31(17-9-14-29(23,24)37-28)20-21-11-6-5-7-12-21/h5-9,11-14,22-24,33H,3-4,10,15-20H2,1-2H3/t22-,23+,24?,28+,29+/m1/s1. The average molecular weight is 508 g/mol. The molecule has 0 bridgehead atoms. The number of carbonyl (C=O) groups is 3. The molecule has 2 saturated heterocycles. The summed E-state index contributed by atoms with van der Waals surface area (Å²) in [5.41, 5.74) is -1.20. The van der Waals surface area contributed by atoms with Gasteiger partial charge in [0.2, 0.25) is 17.7 Å². The first-order valence-corrected chi connectivity index (χ1v) is 13.5. The van der Waals surface area contributed by atoms with Gasteiger partial charge in [-0.15, -0.1) is 0 Å². The summed E-state index contributed by atoms with van der Waals surface area (Å²) < 4.78 is 6.93. The van der Waals surface area contributed by atoms with Crippen molar-refractivity contribution >= 4 is 17.7 Å². The smallest absolute Gasteiger partial charge is 0.249 e. The van der Waals surface area contributed by atoms with Gasteiger partial charge >= 0.3 is 0 Å². The lowest BCUT2D eigenvalue weighted by Gasteiger charge is -2.38. The van der Waals surface area contributed by atoms with Gasteiger partial charge in [0.15, 0.2) is 0 Å². The predicted octanol–water partition coefficient (Wildman–Crippen LogP) is 2.14. The number of aliphatic hydroxyl groups excluding tert-OH is 1. The number of hydrogen-bond donors (Lipinski definition) is 1. The van der Waals surface area contributed by atoms with Crippen LogP contribution in [0.25, 0.3) is 0 Å². The SMILES string of the molecule is CCCN1CC=C[C@]2(CC)O[C@]34C=CCN(Cc5ccccc5)C(=O)C3N(CCCO)C(=O)[C@@H]4[C@@H]2C1=O. The molecule has 4 heterocycles. The van der Waals surface area contributed by atoms with Crippen LogP contribution in [0.1, 0.15) is 38.7 Å². The van der Waals surface area contributed by atoms with Crippen molar-refractivity contribution < 1.29 is 24.2 Å². The number of benzene rings is 1. The zero-order valence-corrected chi connectivity index (χ0v) is 21.7. The van der Waals surface area contributed by atoms with Crippen molar-refractivity contribution in [1.29, 1.82) is 0 Å². The van der Waals surface area contributed by atoms with Crippen LogP contribution in [0, 0.1) is 11.8 Å². The highest BCUT2D eigenvalue weighted by Gasteiger charge is 2.75. The summed E-state index contributed by atoms with van der Waals surface area (Å²) in [6.45, 7) is 6.03. The minimum absolute atomic E-state index is 0.0853. The molecule has 0 aromatic heterocycles. The second-order valence-electron chi connectivity index (χ2n) is 10.5. The molecule has 37 heavy (non-hydrogen) atoms. The first-order valence-electron chi connectivity index (χ1n) is 13.5. The maximum atomic E-state index is 14.2. The minimum Gasteiger partial charge on any atom is -0.396 e. The van der Waals surface area contributed by atoms with E-state index in [4.69, 9.17) is 4.74 Å². The van der Waals surface area contributed by atoms with E-state index < -0.39 is 29.1 Å². The van der Waals surface area contributed by atoms with Gasteiger partial charge in [0, 0.05) is 39.3 Å². The van der Waals surface area contributed by atoms with Crippen LogP contribution in [0.4, 0.5) is 0 Å². The van der Waals surface area contributed by atoms with Gasteiger partial charge in [0.1, 0.15) is 11.6 Å². The Morgan fingerprint density at radius 2 is 1.65 bits per heavy atom. The zero-order chi connectivity index (χ0) is 26.2. The maximum Gasteiger partial charge on any atom is 0.249 e. The van der Waals surface area contributed by atoms with Crippen LogP contribution >= 0.6 is 0 Å². The van der Waals surface area contributed by atoms with Crippen molar-refractivity contribution in [3.63, 3.8) is 0 Å². The normalized spacial score (nSPS) is 32.9. The van der Waals surface area contributed by atoms with Gasteiger partial charge in [-0.1, -0.05) is 68.5 Å². The molecule has 3 amide bonds. The lowest BCUT2D eigenvalue weighted by atomic mass is 9.73. The molecule has 5 atom stereocenters. The second-order valence-corrected chi connectivity index (χ2v) is 10.5. The molecular formula is C29H37N3O5. The molecule has 1 aromatic rings. The van der Waals surface area contributed by atoms with E-state index in [2.05, 4.69) is 0 Å². The molecule has 1 unspecified atom stereocenters. The van der Waals surface area contributed by atoms with Gasteiger partial charge in [-0.05, 0) is 24.8 Å². The molecule has 1 aromatic carbocycles. The first kappa shape index (κ1) is 25.7. The Hall–Kier alpha value is -2.97. The van der Waals surface area contributed by atoms with Crippen molar-refractivity contribution in [3.05, 3.63) is 60.2 Å². The highest BCUT2D eigenvalue weighted by Crippen LogP contribution is 2.58. The number of fused-ring (bicyclic) bond motifs is 2.